The van der Waals surface area contributed by atoms with Crippen LogP contribution in [0.4, 0.5) is 5.13 Å². The summed E-state index contributed by atoms with van der Waals surface area (Å²) in [6.45, 7) is 2.91. The zero-order chi connectivity index (χ0) is 19.6. The maximum atomic E-state index is 5.85. The van der Waals surface area contributed by atoms with Crippen molar-refractivity contribution in [1.29, 1.82) is 0 Å². The second-order valence-corrected chi connectivity index (χ2v) is 8.01. The quantitative estimate of drug-likeness (QED) is 0.227. The van der Waals surface area contributed by atoms with Crippen LogP contribution in [-0.4, -0.2) is 24.9 Å². The number of nitrogens with zero attached hydrogens (tertiary/aromatic N) is 2. The summed E-state index contributed by atoms with van der Waals surface area (Å²) in [5.41, 5.74) is 4.89. The number of nitrogens with one attached hydrogen (secondary N) is 1. The molecule has 0 aliphatic rings. The molecular weight excluding hydrogens is 390 g/mol. The number of rotatable bonds is 11. The molecule has 0 atom stereocenters. The molecular formula is C21H25N3O2S2. The number of hydrogen-bond donors (Lipinski definition) is 1. The number of benzene rings is 1. The van der Waals surface area contributed by atoms with Gasteiger partial charge >= 0.3 is 0 Å². The van der Waals surface area contributed by atoms with Crippen molar-refractivity contribution >= 4 is 34.0 Å². The molecule has 0 fully saturated rings. The van der Waals surface area contributed by atoms with Crippen LogP contribution in [0.1, 0.15) is 38.2 Å². The van der Waals surface area contributed by atoms with E-state index in [0.717, 1.165) is 33.4 Å². The Morgan fingerprint density at radius 1 is 1.14 bits per heavy atom. The van der Waals surface area contributed by atoms with Gasteiger partial charge in [-0.3, -0.25) is 5.43 Å². The van der Waals surface area contributed by atoms with E-state index in [-0.39, 0.29) is 0 Å². The second-order valence-electron chi connectivity index (χ2n) is 6.20. The number of aromatic nitrogens is 1. The Balaban J connectivity index is 1.55. The summed E-state index contributed by atoms with van der Waals surface area (Å²) in [5.74, 6) is 1.48. The lowest BCUT2D eigenvalue weighted by molar-refractivity contribution is 0.285. The molecule has 2 heterocycles. The molecule has 0 aliphatic carbocycles. The topological polar surface area (TPSA) is 55.7 Å². The fraction of sp³-hybridized carbons (Fsp3) is 0.333. The summed E-state index contributed by atoms with van der Waals surface area (Å²) < 4.78 is 11.3. The van der Waals surface area contributed by atoms with E-state index < -0.39 is 0 Å². The Kier molecular flexibility index (Phi) is 7.87. The first-order chi connectivity index (χ1) is 13.8. The number of thiazole rings is 1. The Labute approximate surface area is 174 Å². The predicted molar refractivity (Wildman–Crippen MR) is 119 cm³/mol. The van der Waals surface area contributed by atoms with E-state index in [1.54, 1.807) is 24.7 Å². The molecule has 7 heteroatoms. The van der Waals surface area contributed by atoms with Crippen molar-refractivity contribution in [2.75, 3.05) is 19.1 Å². The highest BCUT2D eigenvalue weighted by molar-refractivity contribution is 7.15. The normalized spacial score (nSPS) is 11.1. The van der Waals surface area contributed by atoms with Gasteiger partial charge in [0.05, 0.1) is 30.5 Å². The SMILES string of the molecule is CCCCCCOc1ccc(/C=N\Nc2nc(-c3cccs3)cs2)cc1OC. The number of anilines is 1. The summed E-state index contributed by atoms with van der Waals surface area (Å²) >= 11 is 3.21. The van der Waals surface area contributed by atoms with Gasteiger partial charge in [-0.05, 0) is 41.6 Å². The lowest BCUT2D eigenvalue weighted by Crippen LogP contribution is -2.00. The molecule has 0 saturated heterocycles. The second kappa shape index (κ2) is 10.8. The third-order valence-corrected chi connectivity index (χ3v) is 5.73. The number of hydrogen-bond acceptors (Lipinski definition) is 7. The van der Waals surface area contributed by atoms with E-state index in [0.29, 0.717) is 12.4 Å². The molecule has 148 valence electrons. The van der Waals surface area contributed by atoms with E-state index >= 15 is 0 Å². The number of unbranched alkanes of at least 4 members (excludes halogenated alkanes) is 3. The molecule has 0 bridgehead atoms. The minimum atomic E-state index is 0.710. The van der Waals surface area contributed by atoms with Crippen LogP contribution in [0.5, 0.6) is 11.5 Å². The van der Waals surface area contributed by atoms with E-state index in [1.165, 1.54) is 30.6 Å². The van der Waals surface area contributed by atoms with Crippen LogP contribution in [0.25, 0.3) is 10.6 Å². The molecule has 0 saturated carbocycles. The molecule has 0 amide bonds. The van der Waals surface area contributed by atoms with Crippen molar-refractivity contribution in [2.45, 2.75) is 32.6 Å². The largest absolute Gasteiger partial charge is 0.493 e. The van der Waals surface area contributed by atoms with Crippen LogP contribution >= 0.6 is 22.7 Å². The third kappa shape index (κ3) is 5.81. The molecule has 0 aliphatic heterocycles. The minimum Gasteiger partial charge on any atom is -0.493 e. The molecule has 2 aromatic heterocycles. The van der Waals surface area contributed by atoms with Crippen molar-refractivity contribution in [2.24, 2.45) is 5.10 Å². The fourth-order valence-corrected chi connectivity index (χ4v) is 4.04. The van der Waals surface area contributed by atoms with Gasteiger partial charge in [0, 0.05) is 5.38 Å². The van der Waals surface area contributed by atoms with E-state index in [9.17, 15) is 0 Å². The smallest absolute Gasteiger partial charge is 0.203 e. The molecule has 0 radical (unpaired) electrons. The summed E-state index contributed by atoms with van der Waals surface area (Å²) in [7, 11) is 1.65. The van der Waals surface area contributed by atoms with Crippen LogP contribution in [-0.2, 0) is 0 Å². The Bertz CT molecular complexity index is 876. The molecule has 0 spiro atoms. The van der Waals surface area contributed by atoms with Gasteiger partial charge in [0.2, 0.25) is 5.13 Å². The lowest BCUT2D eigenvalue weighted by atomic mass is 10.2. The molecule has 0 unspecified atom stereocenters. The van der Waals surface area contributed by atoms with Gasteiger partial charge in [-0.2, -0.15) is 5.10 Å². The van der Waals surface area contributed by atoms with Gasteiger partial charge in [0.1, 0.15) is 0 Å². The van der Waals surface area contributed by atoms with Crippen molar-refractivity contribution in [3.05, 3.63) is 46.7 Å². The van der Waals surface area contributed by atoms with Crippen LogP contribution < -0.4 is 14.9 Å². The average Bonchev–Trinajstić information content (AvgIpc) is 3.40. The van der Waals surface area contributed by atoms with Gasteiger partial charge in [0.15, 0.2) is 11.5 Å². The molecule has 3 aromatic rings. The van der Waals surface area contributed by atoms with Crippen molar-refractivity contribution in [3.8, 4) is 22.1 Å². The highest BCUT2D eigenvalue weighted by Crippen LogP contribution is 2.29. The van der Waals surface area contributed by atoms with Crippen LogP contribution in [0.3, 0.4) is 0 Å². The Morgan fingerprint density at radius 3 is 2.86 bits per heavy atom. The minimum absolute atomic E-state index is 0.710. The van der Waals surface area contributed by atoms with Gasteiger partial charge < -0.3 is 9.47 Å². The molecule has 1 N–H and O–H groups in total. The number of thiophene rings is 1. The zero-order valence-corrected chi connectivity index (χ0v) is 17.8. The van der Waals surface area contributed by atoms with E-state index in [1.807, 2.05) is 35.0 Å². The lowest BCUT2D eigenvalue weighted by Gasteiger charge is -2.11. The van der Waals surface area contributed by atoms with Crippen LogP contribution in [0, 0.1) is 0 Å². The molecule has 3 rings (SSSR count). The first-order valence-corrected chi connectivity index (χ1v) is 11.2. The predicted octanol–water partition coefficient (Wildman–Crippen LogP) is 6.29. The molecule has 1 aromatic carbocycles. The highest BCUT2D eigenvalue weighted by Gasteiger charge is 2.06. The number of hydrazone groups is 1. The summed E-state index contributed by atoms with van der Waals surface area (Å²) in [5, 5.41) is 9.12. The zero-order valence-electron chi connectivity index (χ0n) is 16.2. The summed E-state index contributed by atoms with van der Waals surface area (Å²) in [6.07, 6.45) is 6.48. The summed E-state index contributed by atoms with van der Waals surface area (Å²) in [6, 6.07) is 9.90. The van der Waals surface area contributed by atoms with E-state index in [2.05, 4.69) is 28.5 Å². The van der Waals surface area contributed by atoms with Crippen molar-refractivity contribution in [1.82, 2.24) is 4.98 Å². The standard InChI is InChI=1S/C21H25N3O2S2/c1-3-4-5-6-11-26-18-10-9-16(13-19(18)25-2)14-22-24-21-23-17(15-28-21)20-8-7-12-27-20/h7-10,12-15H,3-6,11H2,1-2H3,(H,23,24)/b22-14-. The monoisotopic (exact) mass is 415 g/mol. The first-order valence-electron chi connectivity index (χ1n) is 9.39. The van der Waals surface area contributed by atoms with Crippen LogP contribution in [0.15, 0.2) is 46.2 Å². The Hall–Kier alpha value is -2.38. The Morgan fingerprint density at radius 2 is 2.07 bits per heavy atom. The summed E-state index contributed by atoms with van der Waals surface area (Å²) in [4.78, 5) is 5.70. The maximum absolute atomic E-state index is 5.85. The van der Waals surface area contributed by atoms with Gasteiger partial charge in [-0.25, -0.2) is 4.98 Å². The first kappa shape index (κ1) is 20.4. The van der Waals surface area contributed by atoms with Gasteiger partial charge in [-0.15, -0.1) is 22.7 Å². The molecule has 5 nitrogen and oxygen atoms in total. The molecule has 28 heavy (non-hydrogen) atoms. The van der Waals surface area contributed by atoms with Crippen molar-refractivity contribution in [3.63, 3.8) is 0 Å². The average molecular weight is 416 g/mol. The third-order valence-electron chi connectivity index (χ3n) is 4.09. The van der Waals surface area contributed by atoms with Crippen LogP contribution in [0.2, 0.25) is 0 Å². The number of methoxy groups -OCH3 is 1. The maximum Gasteiger partial charge on any atom is 0.203 e. The number of ether oxygens (including phenoxy) is 2. The van der Waals surface area contributed by atoms with Gasteiger partial charge in [0.25, 0.3) is 0 Å². The highest BCUT2D eigenvalue weighted by atomic mass is 32.1. The fourth-order valence-electron chi connectivity index (χ4n) is 2.62. The van der Waals surface area contributed by atoms with E-state index in [4.69, 9.17) is 9.47 Å². The van der Waals surface area contributed by atoms with Crippen molar-refractivity contribution < 1.29 is 9.47 Å². The van der Waals surface area contributed by atoms with Gasteiger partial charge in [-0.1, -0.05) is 32.3 Å².